The van der Waals surface area contributed by atoms with E-state index < -0.39 is 0 Å². The second kappa shape index (κ2) is 3.39. The fraction of sp³-hybridized carbons (Fsp3) is 0.125. The molecule has 1 aromatic rings. The molecule has 0 heterocycles. The van der Waals surface area contributed by atoms with Gasteiger partial charge in [0.1, 0.15) is 5.84 Å². The molecule has 0 aliphatic heterocycles. The Hall–Kier alpha value is -1.02. The Morgan fingerprint density at radius 1 is 1.36 bits per heavy atom. The van der Waals surface area contributed by atoms with Crippen molar-refractivity contribution < 1.29 is 0 Å². The van der Waals surface area contributed by atoms with Crippen LogP contribution in [0.1, 0.15) is 11.1 Å². The summed E-state index contributed by atoms with van der Waals surface area (Å²) in [5.74, 6) is 0.587. The molecule has 0 spiro atoms. The highest BCUT2D eigenvalue weighted by molar-refractivity contribution is 6.17. The van der Waals surface area contributed by atoms with Crippen LogP contribution >= 0.6 is 11.6 Å². The van der Waals surface area contributed by atoms with Crippen LogP contribution in [-0.2, 0) is 5.88 Å². The molecule has 2 nitrogen and oxygen atoms in total. The number of hydrogen-bond acceptors (Lipinski definition) is 1. The number of alkyl halides is 1. The summed E-state index contributed by atoms with van der Waals surface area (Å²) in [5, 5.41) is 7.11. The number of halogens is 1. The maximum atomic E-state index is 7.11. The van der Waals surface area contributed by atoms with Crippen LogP contribution in [0, 0.1) is 5.41 Å². The van der Waals surface area contributed by atoms with Gasteiger partial charge in [-0.2, -0.15) is 0 Å². The van der Waals surface area contributed by atoms with E-state index in [2.05, 4.69) is 0 Å². The molecule has 3 heteroatoms. The van der Waals surface area contributed by atoms with Gasteiger partial charge in [0.05, 0.1) is 0 Å². The van der Waals surface area contributed by atoms with Gasteiger partial charge in [-0.25, -0.2) is 0 Å². The Balaban J connectivity index is 2.91. The minimum absolute atomic E-state index is 0.0890. The van der Waals surface area contributed by atoms with Crippen molar-refractivity contribution in [2.45, 2.75) is 5.88 Å². The highest BCUT2D eigenvalue weighted by Gasteiger charge is 1.94. The first-order chi connectivity index (χ1) is 5.24. The molecule has 0 saturated carbocycles. The van der Waals surface area contributed by atoms with E-state index in [9.17, 15) is 0 Å². The number of benzene rings is 1. The summed E-state index contributed by atoms with van der Waals surface area (Å²) < 4.78 is 0. The Bertz CT molecular complexity index is 253. The Morgan fingerprint density at radius 3 is 2.27 bits per heavy atom. The molecular weight excluding hydrogens is 160 g/mol. The van der Waals surface area contributed by atoms with E-state index >= 15 is 0 Å². The second-order valence-corrected chi connectivity index (χ2v) is 2.51. The van der Waals surface area contributed by atoms with Crippen LogP contribution in [0.15, 0.2) is 24.3 Å². The lowest BCUT2D eigenvalue weighted by Gasteiger charge is -1.98. The average Bonchev–Trinajstić information content (AvgIpc) is 2.05. The van der Waals surface area contributed by atoms with E-state index in [0.717, 1.165) is 11.1 Å². The van der Waals surface area contributed by atoms with Crippen molar-refractivity contribution in [3.8, 4) is 0 Å². The lowest BCUT2D eigenvalue weighted by atomic mass is 10.1. The van der Waals surface area contributed by atoms with Gasteiger partial charge in [-0.15, -0.1) is 11.6 Å². The van der Waals surface area contributed by atoms with E-state index in [4.69, 9.17) is 22.7 Å². The van der Waals surface area contributed by atoms with Gasteiger partial charge in [0.25, 0.3) is 0 Å². The maximum absolute atomic E-state index is 7.11. The summed E-state index contributed by atoms with van der Waals surface area (Å²) in [4.78, 5) is 0. The SMILES string of the molecule is N=C(N)c1ccc(CCl)cc1. The maximum Gasteiger partial charge on any atom is 0.122 e. The molecule has 0 unspecified atom stereocenters. The summed E-state index contributed by atoms with van der Waals surface area (Å²) in [6.45, 7) is 0. The van der Waals surface area contributed by atoms with Gasteiger partial charge in [-0.3, -0.25) is 5.41 Å². The minimum Gasteiger partial charge on any atom is -0.384 e. The number of rotatable bonds is 2. The van der Waals surface area contributed by atoms with Crippen LogP contribution in [0.5, 0.6) is 0 Å². The van der Waals surface area contributed by atoms with Crippen molar-refractivity contribution in [2.24, 2.45) is 5.73 Å². The lowest BCUT2D eigenvalue weighted by molar-refractivity contribution is 1.37. The Kier molecular flexibility index (Phi) is 2.49. The van der Waals surface area contributed by atoms with Gasteiger partial charge in [0, 0.05) is 11.4 Å². The van der Waals surface area contributed by atoms with Crippen LogP contribution in [0.4, 0.5) is 0 Å². The van der Waals surface area contributed by atoms with E-state index in [0.29, 0.717) is 5.88 Å². The molecule has 1 aromatic carbocycles. The van der Waals surface area contributed by atoms with Crippen molar-refractivity contribution in [1.29, 1.82) is 5.41 Å². The molecule has 0 saturated heterocycles. The molecule has 0 aliphatic carbocycles. The Morgan fingerprint density at radius 2 is 1.91 bits per heavy atom. The molecule has 0 radical (unpaired) electrons. The lowest BCUT2D eigenvalue weighted by Crippen LogP contribution is -2.10. The first-order valence-electron chi connectivity index (χ1n) is 3.23. The summed E-state index contributed by atoms with van der Waals surface area (Å²) in [6, 6.07) is 7.31. The molecule has 0 amide bonds. The van der Waals surface area contributed by atoms with Crippen molar-refractivity contribution in [1.82, 2.24) is 0 Å². The van der Waals surface area contributed by atoms with E-state index in [1.165, 1.54) is 0 Å². The highest BCUT2D eigenvalue weighted by atomic mass is 35.5. The normalized spacial score (nSPS) is 9.55. The molecule has 0 fully saturated rings. The third-order valence-corrected chi connectivity index (χ3v) is 1.73. The zero-order valence-electron chi connectivity index (χ0n) is 5.97. The van der Waals surface area contributed by atoms with Crippen LogP contribution < -0.4 is 5.73 Å². The molecule has 0 bridgehead atoms. The average molecular weight is 169 g/mol. The van der Waals surface area contributed by atoms with Gasteiger partial charge in [-0.1, -0.05) is 24.3 Å². The summed E-state index contributed by atoms with van der Waals surface area (Å²) in [5.41, 5.74) is 7.03. The fourth-order valence-electron chi connectivity index (χ4n) is 0.773. The number of nitrogens with one attached hydrogen (secondary N) is 1. The molecule has 0 atom stereocenters. The molecule has 1 rings (SSSR count). The van der Waals surface area contributed by atoms with Gasteiger partial charge in [-0.05, 0) is 5.56 Å². The molecule has 0 aromatic heterocycles. The zero-order valence-corrected chi connectivity index (χ0v) is 6.73. The monoisotopic (exact) mass is 168 g/mol. The number of nitrogens with two attached hydrogens (primary N) is 1. The minimum atomic E-state index is 0.0890. The predicted octanol–water partition coefficient (Wildman–Crippen LogP) is 1.71. The third-order valence-electron chi connectivity index (χ3n) is 1.42. The fourth-order valence-corrected chi connectivity index (χ4v) is 0.952. The van der Waals surface area contributed by atoms with Crippen molar-refractivity contribution in [3.63, 3.8) is 0 Å². The first-order valence-corrected chi connectivity index (χ1v) is 3.77. The van der Waals surface area contributed by atoms with Gasteiger partial charge >= 0.3 is 0 Å². The van der Waals surface area contributed by atoms with E-state index in [1.54, 1.807) is 12.1 Å². The topological polar surface area (TPSA) is 49.9 Å². The summed E-state index contributed by atoms with van der Waals surface area (Å²) >= 11 is 5.57. The van der Waals surface area contributed by atoms with E-state index in [1.807, 2.05) is 12.1 Å². The largest absolute Gasteiger partial charge is 0.384 e. The molecule has 58 valence electrons. The smallest absolute Gasteiger partial charge is 0.122 e. The van der Waals surface area contributed by atoms with Crippen molar-refractivity contribution in [3.05, 3.63) is 35.4 Å². The summed E-state index contributed by atoms with van der Waals surface area (Å²) in [7, 11) is 0. The van der Waals surface area contributed by atoms with Gasteiger partial charge < -0.3 is 5.73 Å². The van der Waals surface area contributed by atoms with Crippen LogP contribution in [-0.4, -0.2) is 5.84 Å². The van der Waals surface area contributed by atoms with Gasteiger partial charge in [0.15, 0.2) is 0 Å². The van der Waals surface area contributed by atoms with Crippen molar-refractivity contribution in [2.75, 3.05) is 0 Å². The molecule has 0 aliphatic rings. The predicted molar refractivity (Wildman–Crippen MR) is 47.0 cm³/mol. The summed E-state index contributed by atoms with van der Waals surface area (Å²) in [6.07, 6.45) is 0. The number of nitrogen functional groups attached to an aromatic ring is 1. The molecule has 3 N–H and O–H groups in total. The third kappa shape index (κ3) is 1.95. The van der Waals surface area contributed by atoms with Crippen molar-refractivity contribution >= 4 is 17.4 Å². The molecular formula is C8H9ClN2. The first kappa shape index (κ1) is 8.08. The van der Waals surface area contributed by atoms with Gasteiger partial charge in [0.2, 0.25) is 0 Å². The standard InChI is InChI=1S/C8H9ClN2/c9-5-6-1-3-7(4-2-6)8(10)11/h1-4H,5H2,(H3,10,11). The highest BCUT2D eigenvalue weighted by Crippen LogP contribution is 2.05. The number of amidine groups is 1. The quantitative estimate of drug-likeness (QED) is 0.394. The second-order valence-electron chi connectivity index (χ2n) is 2.24. The van der Waals surface area contributed by atoms with E-state index in [-0.39, 0.29) is 5.84 Å². The van der Waals surface area contributed by atoms with Crippen LogP contribution in [0.3, 0.4) is 0 Å². The number of hydrogen-bond donors (Lipinski definition) is 2. The van der Waals surface area contributed by atoms with Crippen LogP contribution in [0.25, 0.3) is 0 Å². The zero-order chi connectivity index (χ0) is 8.27. The molecule has 11 heavy (non-hydrogen) atoms. The Labute approximate surface area is 70.5 Å². The van der Waals surface area contributed by atoms with Crippen LogP contribution in [0.2, 0.25) is 0 Å².